The number of amides is 1. The SMILES string of the molecule is CCOc1ccc(-c2ccc(=O)n(CCCC(=O)Nc3cc(C(F)(F)F)ccc3Cl)n2)cc1. The van der Waals surface area contributed by atoms with Gasteiger partial charge in [0.1, 0.15) is 5.75 Å². The first-order valence-corrected chi connectivity index (χ1v) is 10.5. The Hall–Kier alpha value is -3.33. The van der Waals surface area contributed by atoms with E-state index in [1.807, 2.05) is 19.1 Å². The molecule has 1 amide bonds. The number of carbonyl (C=O) groups is 1. The number of anilines is 1. The van der Waals surface area contributed by atoms with Crippen LogP contribution in [-0.4, -0.2) is 22.3 Å². The molecule has 0 aliphatic carbocycles. The van der Waals surface area contributed by atoms with E-state index in [0.29, 0.717) is 12.3 Å². The van der Waals surface area contributed by atoms with Crippen molar-refractivity contribution in [2.75, 3.05) is 11.9 Å². The van der Waals surface area contributed by atoms with Gasteiger partial charge in [-0.1, -0.05) is 11.6 Å². The molecule has 0 spiro atoms. The predicted molar refractivity (Wildman–Crippen MR) is 119 cm³/mol. The largest absolute Gasteiger partial charge is 0.494 e. The zero-order valence-corrected chi connectivity index (χ0v) is 18.4. The van der Waals surface area contributed by atoms with Crippen molar-refractivity contribution in [1.29, 1.82) is 0 Å². The van der Waals surface area contributed by atoms with Gasteiger partial charge in [-0.15, -0.1) is 0 Å². The fourth-order valence-electron chi connectivity index (χ4n) is 3.05. The van der Waals surface area contributed by atoms with E-state index >= 15 is 0 Å². The van der Waals surface area contributed by atoms with E-state index in [1.54, 1.807) is 18.2 Å². The second kappa shape index (κ2) is 10.5. The van der Waals surface area contributed by atoms with Gasteiger partial charge in [0.05, 0.1) is 28.6 Å². The van der Waals surface area contributed by atoms with Gasteiger partial charge in [0.2, 0.25) is 5.91 Å². The van der Waals surface area contributed by atoms with Gasteiger partial charge in [-0.05, 0) is 61.9 Å². The summed E-state index contributed by atoms with van der Waals surface area (Å²) in [4.78, 5) is 24.3. The number of aromatic nitrogens is 2. The van der Waals surface area contributed by atoms with Crippen LogP contribution in [0.15, 0.2) is 59.4 Å². The van der Waals surface area contributed by atoms with E-state index in [-0.39, 0.29) is 35.7 Å². The maximum Gasteiger partial charge on any atom is 0.416 e. The number of hydrogen-bond acceptors (Lipinski definition) is 4. The summed E-state index contributed by atoms with van der Waals surface area (Å²) in [6, 6.07) is 13.0. The van der Waals surface area contributed by atoms with Gasteiger partial charge >= 0.3 is 6.18 Å². The molecule has 0 radical (unpaired) electrons. The maximum atomic E-state index is 12.9. The minimum Gasteiger partial charge on any atom is -0.494 e. The Morgan fingerprint density at radius 1 is 1.12 bits per heavy atom. The number of alkyl halides is 3. The fraction of sp³-hybridized carbons (Fsp3) is 0.261. The fourth-order valence-corrected chi connectivity index (χ4v) is 3.22. The van der Waals surface area contributed by atoms with Gasteiger partial charge in [0.25, 0.3) is 5.56 Å². The van der Waals surface area contributed by atoms with Crippen molar-refractivity contribution in [2.45, 2.75) is 32.5 Å². The van der Waals surface area contributed by atoms with Crippen molar-refractivity contribution in [2.24, 2.45) is 0 Å². The van der Waals surface area contributed by atoms with E-state index in [2.05, 4.69) is 10.4 Å². The van der Waals surface area contributed by atoms with Gasteiger partial charge in [0, 0.05) is 24.6 Å². The number of nitrogens with zero attached hydrogens (tertiary/aromatic N) is 2. The lowest BCUT2D eigenvalue weighted by molar-refractivity contribution is -0.137. The highest BCUT2D eigenvalue weighted by atomic mass is 35.5. The Labute approximate surface area is 193 Å². The normalized spacial score (nSPS) is 11.3. The number of carbonyl (C=O) groups excluding carboxylic acids is 1. The average molecular weight is 480 g/mol. The number of nitrogens with one attached hydrogen (secondary N) is 1. The molecule has 0 saturated heterocycles. The Kier molecular flexibility index (Phi) is 7.75. The molecule has 6 nitrogen and oxygen atoms in total. The third-order valence-corrected chi connectivity index (χ3v) is 5.00. The zero-order chi connectivity index (χ0) is 24.0. The molecule has 0 saturated carbocycles. The Morgan fingerprint density at radius 3 is 2.52 bits per heavy atom. The first-order valence-electron chi connectivity index (χ1n) is 10.2. The van der Waals surface area contributed by atoms with Gasteiger partial charge in [-0.3, -0.25) is 9.59 Å². The molecule has 1 heterocycles. The summed E-state index contributed by atoms with van der Waals surface area (Å²) in [5, 5.41) is 6.72. The van der Waals surface area contributed by atoms with Gasteiger partial charge in [0.15, 0.2) is 0 Å². The second-order valence-corrected chi connectivity index (χ2v) is 7.49. The summed E-state index contributed by atoms with van der Waals surface area (Å²) in [6.07, 6.45) is -4.33. The lowest BCUT2D eigenvalue weighted by Gasteiger charge is -2.12. The monoisotopic (exact) mass is 479 g/mol. The maximum absolute atomic E-state index is 12.9. The minimum atomic E-state index is -4.55. The molecular formula is C23H21ClF3N3O3. The summed E-state index contributed by atoms with van der Waals surface area (Å²) in [7, 11) is 0. The van der Waals surface area contributed by atoms with Crippen LogP contribution in [0.5, 0.6) is 5.75 Å². The Balaban J connectivity index is 1.62. The van der Waals surface area contributed by atoms with Gasteiger partial charge < -0.3 is 10.1 Å². The summed E-state index contributed by atoms with van der Waals surface area (Å²) in [5.74, 6) is 0.202. The molecule has 33 heavy (non-hydrogen) atoms. The van der Waals surface area contributed by atoms with Crippen LogP contribution in [0.3, 0.4) is 0 Å². The number of aryl methyl sites for hydroxylation is 1. The molecule has 0 fully saturated rings. The van der Waals surface area contributed by atoms with Gasteiger partial charge in [-0.2, -0.15) is 18.3 Å². The van der Waals surface area contributed by atoms with Crippen LogP contribution in [0.25, 0.3) is 11.3 Å². The first-order chi connectivity index (χ1) is 15.7. The standard InChI is InChI=1S/C23H21ClF3N3O3/c1-2-33-17-8-5-15(6-9-17)19-11-12-22(32)30(29-19)13-3-4-21(31)28-20-14-16(23(25,26)27)7-10-18(20)24/h5-12,14H,2-4,13H2,1H3,(H,28,31). The van der Waals surface area contributed by atoms with Crippen molar-refractivity contribution in [3.63, 3.8) is 0 Å². The third-order valence-electron chi connectivity index (χ3n) is 4.67. The van der Waals surface area contributed by atoms with Crippen molar-refractivity contribution in [3.8, 4) is 17.0 Å². The van der Waals surface area contributed by atoms with Crippen LogP contribution in [-0.2, 0) is 17.5 Å². The van der Waals surface area contributed by atoms with E-state index in [1.165, 1.54) is 10.7 Å². The van der Waals surface area contributed by atoms with E-state index in [9.17, 15) is 22.8 Å². The summed E-state index contributed by atoms with van der Waals surface area (Å²) in [6.45, 7) is 2.60. The van der Waals surface area contributed by atoms with Crippen molar-refractivity contribution in [1.82, 2.24) is 9.78 Å². The highest BCUT2D eigenvalue weighted by Crippen LogP contribution is 2.33. The molecule has 0 aliphatic heterocycles. The number of ether oxygens (including phenoxy) is 1. The molecule has 0 bridgehead atoms. The van der Waals surface area contributed by atoms with Crippen molar-refractivity contribution >= 4 is 23.2 Å². The molecule has 2 aromatic carbocycles. The predicted octanol–water partition coefficient (Wildman–Crippen LogP) is 5.40. The molecule has 3 rings (SSSR count). The highest BCUT2D eigenvalue weighted by molar-refractivity contribution is 6.33. The Morgan fingerprint density at radius 2 is 1.85 bits per heavy atom. The van der Waals surface area contributed by atoms with E-state index in [0.717, 1.165) is 29.5 Å². The molecule has 10 heteroatoms. The van der Waals surface area contributed by atoms with Crippen LogP contribution in [0.1, 0.15) is 25.3 Å². The molecule has 0 atom stereocenters. The van der Waals surface area contributed by atoms with Crippen molar-refractivity contribution in [3.05, 3.63) is 75.5 Å². The quantitative estimate of drug-likeness (QED) is 0.469. The topological polar surface area (TPSA) is 73.2 Å². The average Bonchev–Trinajstić information content (AvgIpc) is 2.76. The molecular weight excluding hydrogens is 459 g/mol. The number of benzene rings is 2. The molecule has 0 unspecified atom stereocenters. The summed E-state index contributed by atoms with van der Waals surface area (Å²) in [5.41, 5.74) is 0.0151. The van der Waals surface area contributed by atoms with Crippen molar-refractivity contribution < 1.29 is 22.7 Å². The van der Waals surface area contributed by atoms with Crippen LogP contribution in [0, 0.1) is 0 Å². The summed E-state index contributed by atoms with van der Waals surface area (Å²) >= 11 is 5.90. The van der Waals surface area contributed by atoms with Crippen LogP contribution in [0.2, 0.25) is 5.02 Å². The second-order valence-electron chi connectivity index (χ2n) is 7.08. The van der Waals surface area contributed by atoms with Crippen LogP contribution >= 0.6 is 11.6 Å². The first kappa shape index (κ1) is 24.3. The molecule has 1 aromatic heterocycles. The Bertz CT molecular complexity index is 1180. The van der Waals surface area contributed by atoms with Crippen LogP contribution in [0.4, 0.5) is 18.9 Å². The smallest absolute Gasteiger partial charge is 0.416 e. The lowest BCUT2D eigenvalue weighted by Crippen LogP contribution is -2.23. The summed E-state index contributed by atoms with van der Waals surface area (Å²) < 4.78 is 45.3. The van der Waals surface area contributed by atoms with E-state index < -0.39 is 17.6 Å². The number of rotatable bonds is 8. The lowest BCUT2D eigenvalue weighted by atomic mass is 10.1. The number of hydrogen-bond donors (Lipinski definition) is 1. The third kappa shape index (κ3) is 6.58. The molecule has 1 N–H and O–H groups in total. The van der Waals surface area contributed by atoms with Crippen LogP contribution < -0.4 is 15.6 Å². The number of halogens is 4. The van der Waals surface area contributed by atoms with E-state index in [4.69, 9.17) is 16.3 Å². The molecule has 3 aromatic rings. The molecule has 174 valence electrons. The van der Waals surface area contributed by atoms with Gasteiger partial charge in [-0.25, -0.2) is 4.68 Å². The highest BCUT2D eigenvalue weighted by Gasteiger charge is 2.31. The molecule has 0 aliphatic rings. The zero-order valence-electron chi connectivity index (χ0n) is 17.7. The minimum absolute atomic E-state index is 0.00251.